The minimum absolute atomic E-state index is 0.108. The van der Waals surface area contributed by atoms with Crippen LogP contribution in [0, 0.1) is 11.8 Å². The Bertz CT molecular complexity index is 1430. The first-order chi connectivity index (χ1) is 19.4. The fraction of sp³-hybridized carbons (Fsp3) is 0.481. The number of thiophene rings is 1. The number of hydrogen-bond donors (Lipinski definition) is 3. The van der Waals surface area contributed by atoms with E-state index in [-0.39, 0.29) is 46.0 Å². The molecular formula is C27H35N5O7S2. The van der Waals surface area contributed by atoms with Crippen LogP contribution in [0.15, 0.2) is 29.2 Å². The summed E-state index contributed by atoms with van der Waals surface area (Å²) in [6.07, 6.45) is 0.858. The summed E-state index contributed by atoms with van der Waals surface area (Å²) in [6.45, 7) is 8.70. The second-order valence-corrected chi connectivity index (χ2v) is 13.5. The van der Waals surface area contributed by atoms with E-state index in [1.54, 1.807) is 6.92 Å². The molecule has 2 aromatic rings. The molecule has 0 radical (unpaired) electrons. The Hall–Kier alpha value is -3.49. The van der Waals surface area contributed by atoms with Gasteiger partial charge in [0.05, 0.1) is 23.6 Å². The molecule has 1 saturated heterocycles. The number of rotatable bonds is 6. The zero-order chi connectivity index (χ0) is 29.9. The zero-order valence-corrected chi connectivity index (χ0v) is 25.1. The van der Waals surface area contributed by atoms with Gasteiger partial charge in [-0.3, -0.25) is 25.2 Å². The molecular weight excluding hydrogens is 570 g/mol. The summed E-state index contributed by atoms with van der Waals surface area (Å²) in [6, 6.07) is 5.70. The maximum atomic E-state index is 13.2. The van der Waals surface area contributed by atoms with E-state index in [0.717, 1.165) is 17.8 Å². The van der Waals surface area contributed by atoms with Gasteiger partial charge in [-0.25, -0.2) is 13.2 Å². The largest absolute Gasteiger partial charge is 0.450 e. The number of piperidine rings is 1. The molecule has 0 spiro atoms. The summed E-state index contributed by atoms with van der Waals surface area (Å²) in [7, 11) is -3.71. The molecule has 1 aromatic carbocycles. The normalized spacial score (nSPS) is 19.2. The van der Waals surface area contributed by atoms with Gasteiger partial charge in [0.15, 0.2) is 0 Å². The van der Waals surface area contributed by atoms with Gasteiger partial charge >= 0.3 is 6.09 Å². The van der Waals surface area contributed by atoms with Crippen molar-refractivity contribution in [2.24, 2.45) is 11.8 Å². The summed E-state index contributed by atoms with van der Waals surface area (Å²) in [5.74, 6) is -1.09. The summed E-state index contributed by atoms with van der Waals surface area (Å²) in [4.78, 5) is 52.2. The van der Waals surface area contributed by atoms with E-state index < -0.39 is 33.8 Å². The molecule has 4 amide bonds. The van der Waals surface area contributed by atoms with E-state index in [4.69, 9.17) is 4.74 Å². The molecule has 0 aliphatic carbocycles. The van der Waals surface area contributed by atoms with Crippen LogP contribution in [-0.4, -0.2) is 67.7 Å². The maximum absolute atomic E-state index is 13.2. The first-order valence-electron chi connectivity index (χ1n) is 13.4. The predicted molar refractivity (Wildman–Crippen MR) is 153 cm³/mol. The predicted octanol–water partition coefficient (Wildman–Crippen LogP) is 2.96. The van der Waals surface area contributed by atoms with Gasteiger partial charge in [-0.15, -0.1) is 11.3 Å². The summed E-state index contributed by atoms with van der Waals surface area (Å²) >= 11 is 1.16. The zero-order valence-electron chi connectivity index (χ0n) is 23.5. The number of sulfonamides is 1. The fourth-order valence-electron chi connectivity index (χ4n) is 5.21. The quantitative estimate of drug-likeness (QED) is 0.428. The standard InChI is InChI=1S/C27H35N5O7S2/c1-5-39-27(36)31-11-10-21-22(15-31)40-26(23(21)25(35)30-29-18(4)33)28-24(34)19-6-8-20(9-7-19)41(37,38)32-13-16(2)12-17(3)14-32/h6-9,16-17H,5,10-15H2,1-4H3,(H,28,34)(H,29,33)(H,30,35). The van der Waals surface area contributed by atoms with Crippen molar-refractivity contribution in [3.63, 3.8) is 0 Å². The molecule has 12 nitrogen and oxygen atoms in total. The number of carbonyl (C=O) groups is 4. The lowest BCUT2D eigenvalue weighted by Gasteiger charge is -2.34. The molecule has 1 fully saturated rings. The van der Waals surface area contributed by atoms with Crippen LogP contribution < -0.4 is 16.2 Å². The molecule has 1 aromatic heterocycles. The third-order valence-electron chi connectivity index (χ3n) is 6.98. The Morgan fingerprint density at radius 1 is 1.02 bits per heavy atom. The molecule has 3 heterocycles. The number of fused-ring (bicyclic) bond motifs is 1. The SMILES string of the molecule is CCOC(=O)N1CCc2c(sc(NC(=O)c3ccc(S(=O)(=O)N4CC(C)CC(C)C4)cc3)c2C(=O)NNC(C)=O)C1. The molecule has 2 unspecified atom stereocenters. The highest BCUT2D eigenvalue weighted by molar-refractivity contribution is 7.89. The number of hydrogen-bond acceptors (Lipinski definition) is 8. The minimum atomic E-state index is -3.71. The fourth-order valence-corrected chi connectivity index (χ4v) is 8.15. The van der Waals surface area contributed by atoms with Gasteiger partial charge in [-0.1, -0.05) is 13.8 Å². The van der Waals surface area contributed by atoms with E-state index in [0.29, 0.717) is 36.5 Å². The average Bonchev–Trinajstić information content (AvgIpc) is 3.28. The Kier molecular flexibility index (Phi) is 9.34. The van der Waals surface area contributed by atoms with Gasteiger partial charge in [0.2, 0.25) is 15.9 Å². The highest BCUT2D eigenvalue weighted by Gasteiger charge is 2.33. The van der Waals surface area contributed by atoms with Crippen molar-refractivity contribution in [2.75, 3.05) is 31.6 Å². The van der Waals surface area contributed by atoms with E-state index in [1.807, 2.05) is 13.8 Å². The molecule has 2 aliphatic heterocycles. The van der Waals surface area contributed by atoms with E-state index in [2.05, 4.69) is 16.2 Å². The molecule has 2 aliphatic rings. The van der Waals surface area contributed by atoms with Crippen LogP contribution in [0.2, 0.25) is 0 Å². The van der Waals surface area contributed by atoms with E-state index in [1.165, 1.54) is 40.4 Å². The van der Waals surface area contributed by atoms with Crippen molar-refractivity contribution < 1.29 is 32.3 Å². The molecule has 3 N–H and O–H groups in total. The second-order valence-electron chi connectivity index (χ2n) is 10.5. The maximum Gasteiger partial charge on any atom is 0.410 e. The smallest absolute Gasteiger partial charge is 0.410 e. The van der Waals surface area contributed by atoms with Gasteiger partial charge < -0.3 is 15.0 Å². The lowest BCUT2D eigenvalue weighted by Crippen LogP contribution is -2.42. The molecule has 222 valence electrons. The van der Waals surface area contributed by atoms with E-state index in [9.17, 15) is 27.6 Å². The number of anilines is 1. The van der Waals surface area contributed by atoms with Gasteiger partial charge in [0, 0.05) is 37.0 Å². The highest BCUT2D eigenvalue weighted by atomic mass is 32.2. The third-order valence-corrected chi connectivity index (χ3v) is 9.96. The molecule has 14 heteroatoms. The number of nitrogens with zero attached hydrogens (tertiary/aromatic N) is 2. The third kappa shape index (κ3) is 6.88. The van der Waals surface area contributed by atoms with Crippen molar-refractivity contribution in [1.82, 2.24) is 20.1 Å². The van der Waals surface area contributed by atoms with Crippen molar-refractivity contribution >= 4 is 50.2 Å². The molecule has 2 atom stereocenters. The summed E-state index contributed by atoms with van der Waals surface area (Å²) in [5.41, 5.74) is 5.67. The number of benzene rings is 1. The molecule has 0 saturated carbocycles. The lowest BCUT2D eigenvalue weighted by atomic mass is 9.94. The average molecular weight is 606 g/mol. The molecule has 0 bridgehead atoms. The molecule has 4 rings (SSSR count). The Morgan fingerprint density at radius 3 is 2.29 bits per heavy atom. The summed E-state index contributed by atoms with van der Waals surface area (Å²) in [5, 5.41) is 3.02. The Balaban J connectivity index is 1.56. The van der Waals surface area contributed by atoms with Crippen molar-refractivity contribution in [2.45, 2.75) is 52.0 Å². The number of ether oxygens (including phenoxy) is 1. The topological polar surface area (TPSA) is 154 Å². The van der Waals surface area contributed by atoms with Crippen LogP contribution in [0.3, 0.4) is 0 Å². The Labute approximate surface area is 243 Å². The van der Waals surface area contributed by atoms with Crippen LogP contribution in [0.5, 0.6) is 0 Å². The van der Waals surface area contributed by atoms with Gasteiger partial charge in [0.1, 0.15) is 5.00 Å². The van der Waals surface area contributed by atoms with Crippen LogP contribution in [-0.2, 0) is 32.5 Å². The van der Waals surface area contributed by atoms with Crippen LogP contribution >= 0.6 is 11.3 Å². The minimum Gasteiger partial charge on any atom is -0.450 e. The number of nitrogens with one attached hydrogen (secondary N) is 3. The number of hydrazine groups is 1. The monoisotopic (exact) mass is 605 g/mol. The number of carbonyl (C=O) groups excluding carboxylic acids is 4. The first-order valence-corrected chi connectivity index (χ1v) is 15.7. The van der Waals surface area contributed by atoms with Crippen molar-refractivity contribution in [3.8, 4) is 0 Å². The van der Waals surface area contributed by atoms with Crippen molar-refractivity contribution in [1.29, 1.82) is 0 Å². The van der Waals surface area contributed by atoms with Crippen LogP contribution in [0.1, 0.15) is 65.3 Å². The van der Waals surface area contributed by atoms with Gasteiger partial charge in [-0.2, -0.15) is 4.31 Å². The highest BCUT2D eigenvalue weighted by Crippen LogP contribution is 2.37. The second kappa shape index (κ2) is 12.6. The van der Waals surface area contributed by atoms with Crippen LogP contribution in [0.25, 0.3) is 0 Å². The van der Waals surface area contributed by atoms with Crippen LogP contribution in [0.4, 0.5) is 9.80 Å². The van der Waals surface area contributed by atoms with E-state index >= 15 is 0 Å². The van der Waals surface area contributed by atoms with Crippen molar-refractivity contribution in [3.05, 3.63) is 45.8 Å². The molecule has 41 heavy (non-hydrogen) atoms. The number of amides is 4. The lowest BCUT2D eigenvalue weighted by molar-refractivity contribution is -0.119. The first kappa shape index (κ1) is 30.5. The summed E-state index contributed by atoms with van der Waals surface area (Å²) < 4.78 is 33.0. The Morgan fingerprint density at radius 2 is 1.68 bits per heavy atom. The van der Waals surface area contributed by atoms with Gasteiger partial charge in [-0.05, 0) is 61.4 Å². The van der Waals surface area contributed by atoms with Gasteiger partial charge in [0.25, 0.3) is 11.8 Å².